The third kappa shape index (κ3) is 4.66. The molecule has 1 aromatic rings. The van der Waals surface area contributed by atoms with E-state index < -0.39 is 12.8 Å². The molecule has 0 saturated heterocycles. The van der Waals surface area contributed by atoms with E-state index in [1.54, 1.807) is 7.05 Å². The topological polar surface area (TPSA) is 47.0 Å². The van der Waals surface area contributed by atoms with Gasteiger partial charge in [-0.05, 0) is 12.8 Å². The summed E-state index contributed by atoms with van der Waals surface area (Å²) < 4.78 is 40.5. The summed E-state index contributed by atoms with van der Waals surface area (Å²) in [5, 5.41) is 2.94. The van der Waals surface area contributed by atoms with E-state index in [2.05, 4.69) is 20.0 Å². The number of hydrogen-bond donors (Lipinski definition) is 1. The molecule has 0 radical (unpaired) electrons. The minimum atomic E-state index is -4.33. The van der Waals surface area contributed by atoms with Gasteiger partial charge in [0.15, 0.2) is 5.82 Å². The van der Waals surface area contributed by atoms with Crippen molar-refractivity contribution in [2.45, 2.75) is 39.5 Å². The van der Waals surface area contributed by atoms with E-state index >= 15 is 0 Å². The Hall–Kier alpha value is -1.37. The zero-order chi connectivity index (χ0) is 14.6. The van der Waals surface area contributed by atoms with Crippen LogP contribution >= 0.6 is 0 Å². The fourth-order valence-electron chi connectivity index (χ4n) is 1.84. The molecular formula is C12H18F3N3O. The van der Waals surface area contributed by atoms with E-state index in [1.165, 1.54) is 0 Å². The number of halogens is 3. The second-order valence-corrected chi connectivity index (χ2v) is 4.50. The molecule has 1 heterocycles. The zero-order valence-electron chi connectivity index (χ0n) is 11.4. The molecule has 0 saturated carbocycles. The Morgan fingerprint density at radius 1 is 1.26 bits per heavy atom. The standard InChI is InChI=1S/C12H18F3N3O/c1-7(2)10-8(3)17-9(18-11(10)16-4)5-19-6-12(13,14)15/h7H,5-6H2,1-4H3,(H,16,17,18). The van der Waals surface area contributed by atoms with Crippen molar-refractivity contribution < 1.29 is 17.9 Å². The molecule has 0 aliphatic rings. The number of nitrogens with zero attached hydrogens (tertiary/aromatic N) is 2. The monoisotopic (exact) mass is 277 g/mol. The quantitative estimate of drug-likeness (QED) is 0.898. The molecule has 1 aromatic heterocycles. The highest BCUT2D eigenvalue weighted by molar-refractivity contribution is 5.47. The van der Waals surface area contributed by atoms with Gasteiger partial charge in [0, 0.05) is 18.3 Å². The first-order valence-corrected chi connectivity index (χ1v) is 5.94. The summed E-state index contributed by atoms with van der Waals surface area (Å²) in [5.41, 5.74) is 1.71. The van der Waals surface area contributed by atoms with Crippen LogP contribution in [0.15, 0.2) is 0 Å². The number of aromatic nitrogens is 2. The Labute approximate surface area is 110 Å². The number of nitrogens with one attached hydrogen (secondary N) is 1. The lowest BCUT2D eigenvalue weighted by molar-refractivity contribution is -0.177. The van der Waals surface area contributed by atoms with Gasteiger partial charge >= 0.3 is 6.18 Å². The van der Waals surface area contributed by atoms with E-state index in [-0.39, 0.29) is 18.3 Å². The van der Waals surface area contributed by atoms with Crippen LogP contribution in [0, 0.1) is 6.92 Å². The summed E-state index contributed by atoms with van der Waals surface area (Å²) >= 11 is 0. The summed E-state index contributed by atoms with van der Waals surface area (Å²) in [4.78, 5) is 8.36. The van der Waals surface area contributed by atoms with Crippen LogP contribution in [0.25, 0.3) is 0 Å². The Kier molecular flexibility index (Phi) is 5.11. The number of anilines is 1. The summed E-state index contributed by atoms with van der Waals surface area (Å²) in [7, 11) is 1.72. The smallest absolute Gasteiger partial charge is 0.373 e. The van der Waals surface area contributed by atoms with Crippen molar-refractivity contribution in [1.29, 1.82) is 0 Å². The van der Waals surface area contributed by atoms with Crippen LogP contribution in [-0.2, 0) is 11.3 Å². The number of hydrogen-bond acceptors (Lipinski definition) is 4. The Bertz CT molecular complexity index is 433. The molecule has 0 aliphatic heterocycles. The van der Waals surface area contributed by atoms with E-state index in [0.29, 0.717) is 5.82 Å². The molecule has 0 unspecified atom stereocenters. The average molecular weight is 277 g/mol. The lowest BCUT2D eigenvalue weighted by Gasteiger charge is -2.15. The van der Waals surface area contributed by atoms with Crippen LogP contribution in [0.3, 0.4) is 0 Å². The molecule has 19 heavy (non-hydrogen) atoms. The van der Waals surface area contributed by atoms with Crippen molar-refractivity contribution in [2.75, 3.05) is 19.0 Å². The van der Waals surface area contributed by atoms with Crippen molar-refractivity contribution in [2.24, 2.45) is 0 Å². The van der Waals surface area contributed by atoms with Crippen LogP contribution in [-0.4, -0.2) is 29.8 Å². The summed E-state index contributed by atoms with van der Waals surface area (Å²) in [6.07, 6.45) is -4.33. The lowest BCUT2D eigenvalue weighted by atomic mass is 10.0. The molecule has 7 heteroatoms. The summed E-state index contributed by atoms with van der Waals surface area (Å²) in [5.74, 6) is 1.11. The highest BCUT2D eigenvalue weighted by Crippen LogP contribution is 2.25. The van der Waals surface area contributed by atoms with Gasteiger partial charge in [-0.1, -0.05) is 13.8 Å². The summed E-state index contributed by atoms with van der Waals surface area (Å²) in [6, 6.07) is 0. The number of rotatable bonds is 5. The molecule has 0 aromatic carbocycles. The third-order valence-electron chi connectivity index (χ3n) is 2.49. The first-order chi connectivity index (χ1) is 8.74. The molecule has 0 atom stereocenters. The van der Waals surface area contributed by atoms with Gasteiger partial charge in [-0.25, -0.2) is 9.97 Å². The zero-order valence-corrected chi connectivity index (χ0v) is 11.4. The average Bonchev–Trinajstić information content (AvgIpc) is 2.25. The number of alkyl halides is 3. The lowest BCUT2D eigenvalue weighted by Crippen LogP contribution is -2.18. The molecule has 0 bridgehead atoms. The normalized spacial score (nSPS) is 12.0. The molecule has 1 rings (SSSR count). The van der Waals surface area contributed by atoms with Gasteiger partial charge in [-0.3, -0.25) is 0 Å². The molecule has 1 N–H and O–H groups in total. The fraction of sp³-hybridized carbons (Fsp3) is 0.667. The maximum Gasteiger partial charge on any atom is 0.411 e. The maximum absolute atomic E-state index is 12.0. The number of aryl methyl sites for hydroxylation is 1. The van der Waals surface area contributed by atoms with Crippen LogP contribution in [0.2, 0.25) is 0 Å². The van der Waals surface area contributed by atoms with Crippen molar-refractivity contribution >= 4 is 5.82 Å². The highest BCUT2D eigenvalue weighted by Gasteiger charge is 2.27. The van der Waals surface area contributed by atoms with Gasteiger partial charge in [0.25, 0.3) is 0 Å². The van der Waals surface area contributed by atoms with Crippen molar-refractivity contribution in [3.63, 3.8) is 0 Å². The third-order valence-corrected chi connectivity index (χ3v) is 2.49. The Morgan fingerprint density at radius 3 is 2.37 bits per heavy atom. The van der Waals surface area contributed by atoms with Crippen LogP contribution in [0.5, 0.6) is 0 Å². The predicted octanol–water partition coefficient (Wildman–Crippen LogP) is 3.03. The molecular weight excluding hydrogens is 259 g/mol. The molecule has 4 nitrogen and oxygen atoms in total. The van der Waals surface area contributed by atoms with Gasteiger partial charge in [-0.2, -0.15) is 13.2 Å². The first-order valence-electron chi connectivity index (χ1n) is 5.94. The van der Waals surface area contributed by atoms with Crippen molar-refractivity contribution in [1.82, 2.24) is 9.97 Å². The second kappa shape index (κ2) is 6.18. The minimum absolute atomic E-state index is 0.229. The van der Waals surface area contributed by atoms with Gasteiger partial charge in [0.2, 0.25) is 0 Å². The van der Waals surface area contributed by atoms with E-state index in [4.69, 9.17) is 0 Å². The van der Waals surface area contributed by atoms with Gasteiger partial charge < -0.3 is 10.1 Å². The largest absolute Gasteiger partial charge is 0.411 e. The number of ether oxygens (including phenoxy) is 1. The van der Waals surface area contributed by atoms with Crippen LogP contribution in [0.4, 0.5) is 19.0 Å². The fourth-order valence-corrected chi connectivity index (χ4v) is 1.84. The molecule has 0 spiro atoms. The van der Waals surface area contributed by atoms with Gasteiger partial charge in [0.05, 0.1) is 0 Å². The van der Waals surface area contributed by atoms with E-state index in [0.717, 1.165) is 11.3 Å². The van der Waals surface area contributed by atoms with E-state index in [1.807, 2.05) is 20.8 Å². The summed E-state index contributed by atoms with van der Waals surface area (Å²) in [6.45, 7) is 4.27. The maximum atomic E-state index is 12.0. The Balaban J connectivity index is 2.84. The minimum Gasteiger partial charge on any atom is -0.373 e. The highest BCUT2D eigenvalue weighted by atomic mass is 19.4. The van der Waals surface area contributed by atoms with Crippen LogP contribution in [0.1, 0.15) is 36.8 Å². The molecule has 0 fully saturated rings. The van der Waals surface area contributed by atoms with Crippen molar-refractivity contribution in [3.8, 4) is 0 Å². The van der Waals surface area contributed by atoms with E-state index in [9.17, 15) is 13.2 Å². The van der Waals surface area contributed by atoms with Gasteiger partial charge in [0.1, 0.15) is 19.0 Å². The van der Waals surface area contributed by atoms with Crippen molar-refractivity contribution in [3.05, 3.63) is 17.1 Å². The second-order valence-electron chi connectivity index (χ2n) is 4.50. The van der Waals surface area contributed by atoms with Crippen LogP contribution < -0.4 is 5.32 Å². The molecule has 0 amide bonds. The Morgan fingerprint density at radius 2 is 1.89 bits per heavy atom. The van der Waals surface area contributed by atoms with Gasteiger partial charge in [-0.15, -0.1) is 0 Å². The predicted molar refractivity (Wildman–Crippen MR) is 66.1 cm³/mol. The SMILES string of the molecule is CNc1nc(COCC(F)(F)F)nc(C)c1C(C)C. The molecule has 108 valence electrons. The molecule has 0 aliphatic carbocycles. The first kappa shape index (κ1) is 15.7.